The van der Waals surface area contributed by atoms with Crippen LogP contribution in [0.4, 0.5) is 0 Å². The lowest BCUT2D eigenvalue weighted by molar-refractivity contribution is 0.699. The van der Waals surface area contributed by atoms with Gasteiger partial charge in [-0.2, -0.15) is 0 Å². The fourth-order valence-electron chi connectivity index (χ4n) is 3.14. The van der Waals surface area contributed by atoms with E-state index in [4.69, 9.17) is 28.2 Å². The third-order valence-corrected chi connectivity index (χ3v) is 7.20. The summed E-state index contributed by atoms with van der Waals surface area (Å²) in [6.07, 6.45) is 4.86. The Morgan fingerprint density at radius 3 is 2.67 bits per heavy atom. The fourth-order valence-corrected chi connectivity index (χ4v) is 6.35. The highest BCUT2D eigenvalue weighted by Gasteiger charge is 2.21. The Morgan fingerprint density at radius 2 is 1.88 bits per heavy atom. The summed E-state index contributed by atoms with van der Waals surface area (Å²) in [5.41, 5.74) is 2.44. The molecule has 1 aliphatic rings. The first-order valence-corrected chi connectivity index (χ1v) is 10.5. The molecule has 0 spiro atoms. The summed E-state index contributed by atoms with van der Waals surface area (Å²) in [6, 6.07) is 5.65. The number of aryl methyl sites for hydroxylation is 3. The maximum Gasteiger partial charge on any atom is 0.128 e. The molecule has 0 N–H and O–H groups in total. The van der Waals surface area contributed by atoms with Crippen molar-refractivity contribution in [3.8, 4) is 0 Å². The molecule has 1 aromatic carbocycles. The summed E-state index contributed by atoms with van der Waals surface area (Å²) >= 11 is 16.2. The molecule has 3 aromatic rings. The highest BCUT2D eigenvalue weighted by Crippen LogP contribution is 2.41. The zero-order valence-corrected chi connectivity index (χ0v) is 16.4. The normalized spacial score (nSPS) is 14.1. The summed E-state index contributed by atoms with van der Waals surface area (Å²) in [4.78, 5) is 12.0. The largest absolute Gasteiger partial charge is 0.226 e. The minimum atomic E-state index is 0.712. The zero-order chi connectivity index (χ0) is 16.7. The second kappa shape index (κ2) is 6.83. The van der Waals surface area contributed by atoms with Crippen LogP contribution in [0.15, 0.2) is 23.2 Å². The number of halogens is 2. The molecule has 124 valence electrons. The van der Waals surface area contributed by atoms with Crippen LogP contribution in [-0.2, 0) is 18.6 Å². The lowest BCUT2D eigenvalue weighted by Crippen LogP contribution is -1.99. The highest BCUT2D eigenvalue weighted by atomic mass is 35.5. The molecule has 24 heavy (non-hydrogen) atoms. The van der Waals surface area contributed by atoms with E-state index in [1.165, 1.54) is 35.1 Å². The van der Waals surface area contributed by atoms with Crippen molar-refractivity contribution in [3.05, 3.63) is 50.1 Å². The molecule has 0 aliphatic heterocycles. The molecule has 6 heteroatoms. The predicted octanol–water partition coefficient (Wildman–Crippen LogP) is 6.48. The molecule has 0 saturated heterocycles. The van der Waals surface area contributed by atoms with Gasteiger partial charge in [0.15, 0.2) is 0 Å². The summed E-state index contributed by atoms with van der Waals surface area (Å²) in [5, 5.41) is 3.75. The van der Waals surface area contributed by atoms with Gasteiger partial charge in [0.2, 0.25) is 0 Å². The Labute approximate surface area is 159 Å². The lowest BCUT2D eigenvalue weighted by atomic mass is 9.97. The number of fused-ring (bicyclic) bond motifs is 3. The fraction of sp³-hybridized carbons (Fsp3) is 0.333. The molecular weight excluding hydrogens is 379 g/mol. The van der Waals surface area contributed by atoms with Crippen LogP contribution in [0.5, 0.6) is 0 Å². The van der Waals surface area contributed by atoms with E-state index in [0.717, 1.165) is 27.7 Å². The lowest BCUT2D eigenvalue weighted by Gasteiger charge is -2.12. The van der Waals surface area contributed by atoms with E-state index < -0.39 is 0 Å². The molecule has 0 fully saturated rings. The van der Waals surface area contributed by atoms with E-state index in [9.17, 15) is 0 Å². The van der Waals surface area contributed by atoms with Gasteiger partial charge in [-0.3, -0.25) is 0 Å². The molecule has 0 unspecified atom stereocenters. The van der Waals surface area contributed by atoms with Gasteiger partial charge >= 0.3 is 0 Å². The van der Waals surface area contributed by atoms with Crippen LogP contribution in [0.1, 0.15) is 34.7 Å². The Hall–Kier alpha value is -0.810. The summed E-state index contributed by atoms with van der Waals surface area (Å²) in [7, 11) is 0. The van der Waals surface area contributed by atoms with E-state index in [1.807, 2.05) is 36.5 Å². The first-order valence-electron chi connectivity index (χ1n) is 7.98. The van der Waals surface area contributed by atoms with Crippen LogP contribution >= 0.6 is 46.3 Å². The molecule has 2 heterocycles. The average Bonchev–Trinajstić information content (AvgIpc) is 2.92. The van der Waals surface area contributed by atoms with Gasteiger partial charge < -0.3 is 0 Å². The molecule has 0 saturated carbocycles. The second-order valence-electron chi connectivity index (χ2n) is 5.96. The molecule has 0 bridgehead atoms. The number of rotatable bonds is 3. The maximum atomic E-state index is 6.31. The van der Waals surface area contributed by atoms with Crippen molar-refractivity contribution < 1.29 is 0 Å². The number of hydrogen-bond acceptors (Lipinski definition) is 4. The molecule has 1 aliphatic carbocycles. The van der Waals surface area contributed by atoms with Gasteiger partial charge in [-0.05, 0) is 55.9 Å². The van der Waals surface area contributed by atoms with Gasteiger partial charge in [-0.15, -0.1) is 23.1 Å². The van der Waals surface area contributed by atoms with Crippen LogP contribution in [0.25, 0.3) is 10.2 Å². The SMILES string of the molecule is Cc1nc(SCc2c(Cl)cccc2Cl)c2c3c(sc2n1)CCCC3. The van der Waals surface area contributed by atoms with Gasteiger partial charge in [-0.25, -0.2) is 9.97 Å². The number of thiophene rings is 1. The predicted molar refractivity (Wildman–Crippen MR) is 105 cm³/mol. The highest BCUT2D eigenvalue weighted by molar-refractivity contribution is 7.98. The maximum absolute atomic E-state index is 6.31. The smallest absolute Gasteiger partial charge is 0.128 e. The second-order valence-corrected chi connectivity index (χ2v) is 8.82. The van der Waals surface area contributed by atoms with Gasteiger partial charge in [0.05, 0.1) is 0 Å². The molecule has 2 nitrogen and oxygen atoms in total. The van der Waals surface area contributed by atoms with Gasteiger partial charge in [0.1, 0.15) is 15.7 Å². The van der Waals surface area contributed by atoms with Gasteiger partial charge in [0.25, 0.3) is 0 Å². The van der Waals surface area contributed by atoms with E-state index in [0.29, 0.717) is 15.8 Å². The van der Waals surface area contributed by atoms with Crippen LogP contribution in [0.3, 0.4) is 0 Å². The minimum Gasteiger partial charge on any atom is -0.226 e. The topological polar surface area (TPSA) is 25.8 Å². The number of nitrogens with zero attached hydrogens (tertiary/aromatic N) is 2. The van der Waals surface area contributed by atoms with Crippen molar-refractivity contribution in [2.45, 2.75) is 43.4 Å². The van der Waals surface area contributed by atoms with Crippen molar-refractivity contribution in [3.63, 3.8) is 0 Å². The standard InChI is InChI=1S/C18H16Cl2N2S2/c1-10-21-17(23-9-12-13(19)6-4-7-14(12)20)16-11-5-2-3-8-15(11)24-18(16)22-10/h4,6-7H,2-3,5,8-9H2,1H3. The zero-order valence-electron chi connectivity index (χ0n) is 13.2. The van der Waals surface area contributed by atoms with Crippen molar-refractivity contribution in [1.82, 2.24) is 9.97 Å². The van der Waals surface area contributed by atoms with Gasteiger partial charge in [0, 0.05) is 26.1 Å². The van der Waals surface area contributed by atoms with Crippen LogP contribution in [-0.4, -0.2) is 9.97 Å². The molecule has 4 rings (SSSR count). The third-order valence-electron chi connectivity index (χ3n) is 4.31. The molecule has 0 atom stereocenters. The monoisotopic (exact) mass is 394 g/mol. The molecule has 0 amide bonds. The van der Waals surface area contributed by atoms with Crippen LogP contribution in [0, 0.1) is 6.92 Å². The van der Waals surface area contributed by atoms with Crippen LogP contribution in [0.2, 0.25) is 10.0 Å². The number of benzene rings is 1. The Bertz CT molecular complexity index is 901. The van der Waals surface area contributed by atoms with E-state index >= 15 is 0 Å². The van der Waals surface area contributed by atoms with Crippen LogP contribution < -0.4 is 0 Å². The van der Waals surface area contributed by atoms with E-state index in [-0.39, 0.29) is 0 Å². The quantitative estimate of drug-likeness (QED) is 0.375. The number of hydrogen-bond donors (Lipinski definition) is 0. The Kier molecular flexibility index (Phi) is 4.74. The summed E-state index contributed by atoms with van der Waals surface area (Å²) in [6.45, 7) is 1.96. The first-order chi connectivity index (χ1) is 11.6. The Morgan fingerprint density at radius 1 is 1.12 bits per heavy atom. The van der Waals surface area contributed by atoms with E-state index in [1.54, 1.807) is 11.8 Å². The van der Waals surface area contributed by atoms with Crippen molar-refractivity contribution >= 4 is 56.5 Å². The molecular formula is C18H16Cl2N2S2. The average molecular weight is 395 g/mol. The third kappa shape index (κ3) is 3.05. The first kappa shape index (κ1) is 16.6. The van der Waals surface area contributed by atoms with Crippen molar-refractivity contribution in [1.29, 1.82) is 0 Å². The number of aromatic nitrogens is 2. The van der Waals surface area contributed by atoms with Gasteiger partial charge in [-0.1, -0.05) is 29.3 Å². The molecule has 2 aromatic heterocycles. The Balaban J connectivity index is 1.75. The van der Waals surface area contributed by atoms with Crippen molar-refractivity contribution in [2.24, 2.45) is 0 Å². The van der Waals surface area contributed by atoms with Crippen molar-refractivity contribution in [2.75, 3.05) is 0 Å². The number of thioether (sulfide) groups is 1. The summed E-state index contributed by atoms with van der Waals surface area (Å²) < 4.78 is 0. The molecule has 0 radical (unpaired) electrons. The minimum absolute atomic E-state index is 0.712. The van der Waals surface area contributed by atoms with E-state index in [2.05, 4.69) is 4.98 Å². The summed E-state index contributed by atoms with van der Waals surface area (Å²) in [5.74, 6) is 1.54.